The molecular weight excluding hydrogens is 196 g/mol. The SMILES string of the molecule is CC(C)[C@@H]1CC[C@H](C)[C@H]2CC[C@@](C)(O)C=C12. The van der Waals surface area contributed by atoms with E-state index in [1.54, 1.807) is 5.57 Å². The zero-order chi connectivity index (χ0) is 11.9. The lowest BCUT2D eigenvalue weighted by atomic mass is 9.62. The minimum Gasteiger partial charge on any atom is -0.386 e. The van der Waals surface area contributed by atoms with Gasteiger partial charge in [-0.3, -0.25) is 0 Å². The summed E-state index contributed by atoms with van der Waals surface area (Å²) in [6, 6.07) is 0. The maximum atomic E-state index is 10.2. The lowest BCUT2D eigenvalue weighted by Crippen LogP contribution is -2.37. The molecule has 2 aliphatic rings. The highest BCUT2D eigenvalue weighted by atomic mass is 16.3. The molecular formula is C15H26O. The third-order valence-corrected chi connectivity index (χ3v) is 4.72. The fraction of sp³-hybridized carbons (Fsp3) is 0.867. The van der Waals surface area contributed by atoms with Crippen LogP contribution in [0.1, 0.15) is 53.4 Å². The van der Waals surface area contributed by atoms with Crippen LogP contribution in [0.4, 0.5) is 0 Å². The van der Waals surface area contributed by atoms with Crippen LogP contribution in [0.25, 0.3) is 0 Å². The molecule has 0 aliphatic heterocycles. The third kappa shape index (κ3) is 2.20. The molecule has 16 heavy (non-hydrogen) atoms. The number of fused-ring (bicyclic) bond motifs is 1. The van der Waals surface area contributed by atoms with Gasteiger partial charge in [-0.25, -0.2) is 0 Å². The molecule has 1 heteroatoms. The van der Waals surface area contributed by atoms with E-state index in [-0.39, 0.29) is 0 Å². The molecule has 0 aromatic heterocycles. The highest BCUT2D eigenvalue weighted by Crippen LogP contribution is 2.47. The van der Waals surface area contributed by atoms with Crippen LogP contribution in [0.5, 0.6) is 0 Å². The smallest absolute Gasteiger partial charge is 0.0802 e. The van der Waals surface area contributed by atoms with Crippen LogP contribution in [0.15, 0.2) is 11.6 Å². The standard InChI is InChI=1S/C15H26O/c1-10(2)12-6-5-11(3)13-7-8-15(4,16)9-14(12)13/h9-13,16H,5-8H2,1-4H3/t11-,12-,13+,15+/m0/s1. The molecule has 2 aliphatic carbocycles. The highest BCUT2D eigenvalue weighted by Gasteiger charge is 2.39. The van der Waals surface area contributed by atoms with E-state index in [0.29, 0.717) is 5.92 Å². The van der Waals surface area contributed by atoms with Crippen molar-refractivity contribution in [2.24, 2.45) is 23.7 Å². The van der Waals surface area contributed by atoms with Crippen molar-refractivity contribution in [1.29, 1.82) is 0 Å². The van der Waals surface area contributed by atoms with Gasteiger partial charge < -0.3 is 5.11 Å². The van der Waals surface area contributed by atoms with Crippen LogP contribution >= 0.6 is 0 Å². The van der Waals surface area contributed by atoms with E-state index in [0.717, 1.165) is 24.2 Å². The predicted molar refractivity (Wildman–Crippen MR) is 68.2 cm³/mol. The van der Waals surface area contributed by atoms with Crippen molar-refractivity contribution in [2.45, 2.75) is 59.0 Å². The maximum Gasteiger partial charge on any atom is 0.0802 e. The summed E-state index contributed by atoms with van der Waals surface area (Å²) in [6.07, 6.45) is 7.01. The van der Waals surface area contributed by atoms with Crippen molar-refractivity contribution >= 4 is 0 Å². The van der Waals surface area contributed by atoms with Crippen molar-refractivity contribution in [3.63, 3.8) is 0 Å². The minimum atomic E-state index is -0.546. The molecule has 92 valence electrons. The molecule has 1 N–H and O–H groups in total. The van der Waals surface area contributed by atoms with Crippen LogP contribution in [0, 0.1) is 23.7 Å². The van der Waals surface area contributed by atoms with Crippen LogP contribution in [0.2, 0.25) is 0 Å². The van der Waals surface area contributed by atoms with Crippen LogP contribution in [-0.4, -0.2) is 10.7 Å². The number of hydrogen-bond acceptors (Lipinski definition) is 1. The van der Waals surface area contributed by atoms with E-state index in [2.05, 4.69) is 26.8 Å². The van der Waals surface area contributed by atoms with E-state index in [1.165, 1.54) is 19.3 Å². The Morgan fingerprint density at radius 2 is 2.00 bits per heavy atom. The number of rotatable bonds is 1. The fourth-order valence-corrected chi connectivity index (χ4v) is 3.68. The van der Waals surface area contributed by atoms with Gasteiger partial charge in [-0.15, -0.1) is 0 Å². The van der Waals surface area contributed by atoms with Gasteiger partial charge in [-0.05, 0) is 56.3 Å². The van der Waals surface area contributed by atoms with E-state index in [1.807, 2.05) is 6.92 Å². The monoisotopic (exact) mass is 222 g/mol. The van der Waals surface area contributed by atoms with Crippen LogP contribution < -0.4 is 0 Å². The summed E-state index contributed by atoms with van der Waals surface area (Å²) in [5.41, 5.74) is 1.03. The zero-order valence-corrected chi connectivity index (χ0v) is 11.2. The molecule has 0 radical (unpaired) electrons. The van der Waals surface area contributed by atoms with Crippen LogP contribution in [-0.2, 0) is 0 Å². The van der Waals surface area contributed by atoms with Gasteiger partial charge in [0.15, 0.2) is 0 Å². The molecule has 4 atom stereocenters. The Morgan fingerprint density at radius 1 is 1.31 bits per heavy atom. The van der Waals surface area contributed by atoms with Crippen molar-refractivity contribution in [2.75, 3.05) is 0 Å². The molecule has 0 heterocycles. The summed E-state index contributed by atoms with van der Waals surface area (Å²) in [5, 5.41) is 10.2. The molecule has 0 saturated heterocycles. The molecule has 1 saturated carbocycles. The molecule has 1 nitrogen and oxygen atoms in total. The van der Waals surface area contributed by atoms with Gasteiger partial charge in [0.25, 0.3) is 0 Å². The van der Waals surface area contributed by atoms with E-state index in [9.17, 15) is 5.11 Å². The summed E-state index contributed by atoms with van der Waals surface area (Å²) < 4.78 is 0. The Morgan fingerprint density at radius 3 is 2.62 bits per heavy atom. The second-order valence-corrected chi connectivity index (χ2v) is 6.55. The van der Waals surface area contributed by atoms with Gasteiger partial charge >= 0.3 is 0 Å². The Kier molecular flexibility index (Phi) is 3.18. The van der Waals surface area contributed by atoms with Gasteiger partial charge in [0.1, 0.15) is 0 Å². The molecule has 0 aromatic carbocycles. The first-order chi connectivity index (χ1) is 7.41. The molecule has 0 aromatic rings. The van der Waals surface area contributed by atoms with Crippen LogP contribution in [0.3, 0.4) is 0 Å². The minimum absolute atomic E-state index is 0.546. The Balaban J connectivity index is 2.30. The second-order valence-electron chi connectivity index (χ2n) is 6.55. The largest absolute Gasteiger partial charge is 0.386 e. The van der Waals surface area contributed by atoms with Gasteiger partial charge in [-0.2, -0.15) is 0 Å². The first-order valence-corrected chi connectivity index (χ1v) is 6.86. The topological polar surface area (TPSA) is 20.2 Å². The number of allylic oxidation sites excluding steroid dienone is 1. The summed E-state index contributed by atoms with van der Waals surface area (Å²) in [5.74, 6) is 3.00. The Labute approximate surface area is 99.9 Å². The zero-order valence-electron chi connectivity index (χ0n) is 11.2. The predicted octanol–water partition coefficient (Wildman–Crippen LogP) is 3.78. The van der Waals surface area contributed by atoms with Gasteiger partial charge in [0.05, 0.1) is 5.60 Å². The first-order valence-electron chi connectivity index (χ1n) is 6.86. The Hall–Kier alpha value is -0.300. The highest BCUT2D eigenvalue weighted by molar-refractivity contribution is 5.23. The molecule has 0 bridgehead atoms. The fourth-order valence-electron chi connectivity index (χ4n) is 3.68. The molecule has 1 fully saturated rings. The lowest BCUT2D eigenvalue weighted by molar-refractivity contribution is 0.0684. The lowest BCUT2D eigenvalue weighted by Gasteiger charge is -2.44. The van der Waals surface area contributed by atoms with E-state index in [4.69, 9.17) is 0 Å². The maximum absolute atomic E-state index is 10.2. The van der Waals surface area contributed by atoms with Crippen molar-refractivity contribution < 1.29 is 5.11 Å². The molecule has 0 unspecified atom stereocenters. The average Bonchev–Trinajstić information content (AvgIpc) is 2.15. The van der Waals surface area contributed by atoms with Gasteiger partial charge in [0.2, 0.25) is 0 Å². The molecule has 0 amide bonds. The van der Waals surface area contributed by atoms with Crippen molar-refractivity contribution in [3.8, 4) is 0 Å². The van der Waals surface area contributed by atoms with Crippen molar-refractivity contribution in [1.82, 2.24) is 0 Å². The second kappa shape index (κ2) is 4.18. The van der Waals surface area contributed by atoms with Gasteiger partial charge in [-0.1, -0.05) is 32.4 Å². The quantitative estimate of drug-likeness (QED) is 0.669. The number of hydrogen-bond donors (Lipinski definition) is 1. The number of aliphatic hydroxyl groups is 1. The summed E-state index contributed by atoms with van der Waals surface area (Å²) >= 11 is 0. The first kappa shape index (κ1) is 12.2. The van der Waals surface area contributed by atoms with Gasteiger partial charge in [0, 0.05) is 0 Å². The molecule has 2 rings (SSSR count). The summed E-state index contributed by atoms with van der Waals surface area (Å²) in [4.78, 5) is 0. The summed E-state index contributed by atoms with van der Waals surface area (Å²) in [6.45, 7) is 8.99. The average molecular weight is 222 g/mol. The third-order valence-electron chi connectivity index (χ3n) is 4.72. The summed E-state index contributed by atoms with van der Waals surface area (Å²) in [7, 11) is 0. The molecule has 0 spiro atoms. The van der Waals surface area contributed by atoms with E-state index >= 15 is 0 Å². The van der Waals surface area contributed by atoms with Crippen molar-refractivity contribution in [3.05, 3.63) is 11.6 Å². The van der Waals surface area contributed by atoms with E-state index < -0.39 is 5.60 Å². The normalized spacial score (nSPS) is 44.1. The Bertz CT molecular complexity index is 288.